The van der Waals surface area contributed by atoms with E-state index in [0.29, 0.717) is 19.7 Å². The molecule has 1 saturated heterocycles. The number of rotatable bonds is 2. The molecule has 0 bridgehead atoms. The molecule has 0 unspecified atom stereocenters. The molecule has 1 aliphatic rings. The van der Waals surface area contributed by atoms with Gasteiger partial charge >= 0.3 is 0 Å². The van der Waals surface area contributed by atoms with Gasteiger partial charge in [0.05, 0.1) is 13.2 Å². The van der Waals surface area contributed by atoms with E-state index in [9.17, 15) is 9.90 Å². The summed E-state index contributed by atoms with van der Waals surface area (Å²) >= 11 is 0. The van der Waals surface area contributed by atoms with Crippen LogP contribution in [0.5, 0.6) is 0 Å². The summed E-state index contributed by atoms with van der Waals surface area (Å²) in [5.74, 6) is -0.0675. The van der Waals surface area contributed by atoms with Crippen LogP contribution in [0.4, 0.5) is 0 Å². The Morgan fingerprint density at radius 2 is 2.40 bits per heavy atom. The molecule has 1 radical (unpaired) electrons. The molecule has 1 aliphatic heterocycles. The molecule has 1 heterocycles. The number of carbonyl (C=O) groups is 1. The Labute approximate surface area is 59.4 Å². The highest BCUT2D eigenvalue weighted by Gasteiger charge is 2.16. The van der Waals surface area contributed by atoms with Crippen molar-refractivity contribution in [2.75, 3.05) is 32.9 Å². The molecule has 1 amide bonds. The van der Waals surface area contributed by atoms with Crippen LogP contribution in [0.3, 0.4) is 0 Å². The van der Waals surface area contributed by atoms with E-state index in [1.807, 2.05) is 0 Å². The first-order chi connectivity index (χ1) is 4.84. The van der Waals surface area contributed by atoms with Crippen molar-refractivity contribution >= 4 is 5.91 Å². The summed E-state index contributed by atoms with van der Waals surface area (Å²) < 4.78 is 4.87. The van der Waals surface area contributed by atoms with Gasteiger partial charge in [-0.2, -0.15) is 0 Å². The maximum atomic E-state index is 10.8. The molecule has 0 aromatic rings. The lowest BCUT2D eigenvalue weighted by Gasteiger charge is -2.25. The topological polar surface area (TPSA) is 49.4 Å². The fourth-order valence-corrected chi connectivity index (χ4v) is 0.897. The van der Waals surface area contributed by atoms with Crippen molar-refractivity contribution < 1.29 is 14.6 Å². The molecule has 57 valence electrons. The third kappa shape index (κ3) is 1.68. The van der Waals surface area contributed by atoms with Gasteiger partial charge < -0.3 is 9.64 Å². The van der Waals surface area contributed by atoms with Crippen molar-refractivity contribution in [3.8, 4) is 0 Å². The number of carbonyl (C=O) groups excluding carboxylic acids is 1. The van der Waals surface area contributed by atoms with Crippen molar-refractivity contribution in [3.63, 3.8) is 0 Å². The average molecular weight is 144 g/mol. The van der Waals surface area contributed by atoms with Crippen molar-refractivity contribution in [3.05, 3.63) is 0 Å². The van der Waals surface area contributed by atoms with E-state index in [4.69, 9.17) is 4.74 Å². The molecule has 10 heavy (non-hydrogen) atoms. The molecule has 0 spiro atoms. The lowest BCUT2D eigenvalue weighted by atomic mass is 10.4. The van der Waals surface area contributed by atoms with Crippen molar-refractivity contribution in [2.24, 2.45) is 0 Å². The Kier molecular flexibility index (Phi) is 2.65. The van der Waals surface area contributed by atoms with Crippen LogP contribution in [0.2, 0.25) is 0 Å². The number of ether oxygens (including phenoxy) is 1. The van der Waals surface area contributed by atoms with Crippen LogP contribution < -0.4 is 0 Å². The van der Waals surface area contributed by atoms with Crippen LogP contribution in [-0.2, 0) is 14.6 Å². The predicted octanol–water partition coefficient (Wildman–Crippen LogP) is -0.724. The maximum Gasteiger partial charge on any atom is 0.248 e. The summed E-state index contributed by atoms with van der Waals surface area (Å²) in [6.45, 7) is 1.38. The maximum absolute atomic E-state index is 10.8. The molecule has 1 fully saturated rings. The van der Waals surface area contributed by atoms with Crippen LogP contribution in [0.25, 0.3) is 0 Å². The Morgan fingerprint density at radius 1 is 1.60 bits per heavy atom. The summed E-state index contributed by atoms with van der Waals surface area (Å²) in [5, 5.41) is 10.1. The van der Waals surface area contributed by atoms with Gasteiger partial charge in [0.25, 0.3) is 0 Å². The lowest BCUT2D eigenvalue weighted by molar-refractivity contribution is -0.143. The quantitative estimate of drug-likeness (QED) is 0.513. The van der Waals surface area contributed by atoms with Crippen LogP contribution in [0, 0.1) is 0 Å². The van der Waals surface area contributed by atoms with E-state index in [1.54, 1.807) is 0 Å². The Morgan fingerprint density at radius 3 is 3.00 bits per heavy atom. The van der Waals surface area contributed by atoms with Gasteiger partial charge in [-0.05, 0) is 0 Å². The van der Waals surface area contributed by atoms with Gasteiger partial charge in [-0.1, -0.05) is 0 Å². The SMILES string of the molecule is [O]CCN1CCOCC1=O. The highest BCUT2D eigenvalue weighted by molar-refractivity contribution is 5.77. The molecule has 4 heteroatoms. The van der Waals surface area contributed by atoms with Gasteiger partial charge in [0, 0.05) is 13.1 Å². The van der Waals surface area contributed by atoms with E-state index in [1.165, 1.54) is 4.90 Å². The summed E-state index contributed by atoms with van der Waals surface area (Å²) in [4.78, 5) is 12.4. The van der Waals surface area contributed by atoms with E-state index in [2.05, 4.69) is 0 Å². The van der Waals surface area contributed by atoms with E-state index >= 15 is 0 Å². The zero-order chi connectivity index (χ0) is 7.40. The van der Waals surface area contributed by atoms with E-state index < -0.39 is 0 Å². The highest BCUT2D eigenvalue weighted by atomic mass is 16.5. The summed E-state index contributed by atoms with van der Waals surface area (Å²) in [7, 11) is 0. The summed E-state index contributed by atoms with van der Waals surface area (Å²) in [6.07, 6.45) is 0. The van der Waals surface area contributed by atoms with Gasteiger partial charge in [-0.25, -0.2) is 5.11 Å². The second-order valence-corrected chi connectivity index (χ2v) is 2.14. The highest BCUT2D eigenvalue weighted by Crippen LogP contribution is 1.96. The Hall–Kier alpha value is -0.610. The lowest BCUT2D eigenvalue weighted by Crippen LogP contribution is -2.42. The van der Waals surface area contributed by atoms with Gasteiger partial charge in [-0.3, -0.25) is 4.79 Å². The first kappa shape index (κ1) is 7.50. The van der Waals surface area contributed by atoms with Crippen molar-refractivity contribution in [1.82, 2.24) is 4.90 Å². The van der Waals surface area contributed by atoms with Gasteiger partial charge in [0.15, 0.2) is 0 Å². The minimum atomic E-state index is -0.217. The third-order valence-electron chi connectivity index (χ3n) is 1.44. The average Bonchev–Trinajstić information content (AvgIpc) is 1.94. The smallest absolute Gasteiger partial charge is 0.248 e. The summed E-state index contributed by atoms with van der Waals surface area (Å²) in [5.41, 5.74) is 0. The Balaban J connectivity index is 2.32. The zero-order valence-electron chi connectivity index (χ0n) is 5.71. The summed E-state index contributed by atoms with van der Waals surface area (Å²) in [6, 6.07) is 0. The standard InChI is InChI=1S/C6H10NO3/c8-3-1-7-2-4-10-5-6(7)9/h1-5H2. The molecule has 0 atom stereocenters. The molecule has 0 aromatic carbocycles. The number of hydrogen-bond acceptors (Lipinski definition) is 2. The zero-order valence-corrected chi connectivity index (χ0v) is 5.71. The van der Waals surface area contributed by atoms with Gasteiger partial charge in [0.2, 0.25) is 5.91 Å². The minimum absolute atomic E-state index is 0.0675. The number of hydrogen-bond donors (Lipinski definition) is 0. The van der Waals surface area contributed by atoms with Gasteiger partial charge in [-0.15, -0.1) is 0 Å². The van der Waals surface area contributed by atoms with E-state index in [0.717, 1.165) is 0 Å². The van der Waals surface area contributed by atoms with Crippen molar-refractivity contribution in [1.29, 1.82) is 0 Å². The fourth-order valence-electron chi connectivity index (χ4n) is 0.897. The van der Waals surface area contributed by atoms with Crippen molar-refractivity contribution in [2.45, 2.75) is 0 Å². The van der Waals surface area contributed by atoms with Crippen LogP contribution >= 0.6 is 0 Å². The molecule has 0 saturated carbocycles. The first-order valence-corrected chi connectivity index (χ1v) is 3.28. The first-order valence-electron chi connectivity index (χ1n) is 3.28. The van der Waals surface area contributed by atoms with Crippen LogP contribution in [0.15, 0.2) is 0 Å². The number of nitrogens with zero attached hydrogens (tertiary/aromatic N) is 1. The normalized spacial score (nSPS) is 19.7. The number of amides is 1. The monoisotopic (exact) mass is 144 g/mol. The predicted molar refractivity (Wildman–Crippen MR) is 33.0 cm³/mol. The molecular weight excluding hydrogens is 134 g/mol. The molecule has 1 rings (SSSR count). The fraction of sp³-hybridized carbons (Fsp3) is 0.833. The number of morpholine rings is 1. The largest absolute Gasteiger partial charge is 0.370 e. The molecule has 0 N–H and O–H groups in total. The van der Waals surface area contributed by atoms with Crippen LogP contribution in [0.1, 0.15) is 0 Å². The molecule has 4 nitrogen and oxygen atoms in total. The minimum Gasteiger partial charge on any atom is -0.370 e. The van der Waals surface area contributed by atoms with Crippen LogP contribution in [-0.4, -0.2) is 43.7 Å². The Bertz CT molecular complexity index is 124. The molecule has 0 aromatic heterocycles. The van der Waals surface area contributed by atoms with E-state index in [-0.39, 0.29) is 19.1 Å². The van der Waals surface area contributed by atoms with Gasteiger partial charge in [0.1, 0.15) is 6.61 Å². The molecule has 0 aliphatic carbocycles. The second-order valence-electron chi connectivity index (χ2n) is 2.14. The third-order valence-corrected chi connectivity index (χ3v) is 1.44. The molecular formula is C6H10NO3. The second kappa shape index (κ2) is 3.53.